The average molecular weight is 293 g/mol. The summed E-state index contributed by atoms with van der Waals surface area (Å²) in [6, 6.07) is 3.47. The third kappa shape index (κ3) is 2.98. The van der Waals surface area contributed by atoms with Crippen LogP contribution in [0.1, 0.15) is 31.4 Å². The van der Waals surface area contributed by atoms with Gasteiger partial charge in [-0.15, -0.1) is 0 Å². The highest BCUT2D eigenvalue weighted by Crippen LogP contribution is 2.36. The minimum absolute atomic E-state index is 0.0518. The maximum atomic E-state index is 10.8. The zero-order chi connectivity index (χ0) is 14.9. The molecular weight excluding hydrogens is 274 g/mol. The molecule has 2 aliphatic rings. The van der Waals surface area contributed by atoms with Crippen molar-refractivity contribution in [3.05, 3.63) is 27.9 Å². The summed E-state index contributed by atoms with van der Waals surface area (Å²) >= 11 is 0. The van der Waals surface area contributed by atoms with E-state index in [1.54, 1.807) is 13.0 Å². The predicted molar refractivity (Wildman–Crippen MR) is 76.1 cm³/mol. The molecule has 0 radical (unpaired) electrons. The number of aromatic nitrogens is 1. The highest BCUT2D eigenvalue weighted by Gasteiger charge is 2.40. The number of hydrogen-bond donors (Lipinski definition) is 1. The van der Waals surface area contributed by atoms with E-state index >= 15 is 0 Å². The zero-order valence-corrected chi connectivity index (χ0v) is 12.0. The number of anilines is 1. The van der Waals surface area contributed by atoms with Crippen LogP contribution in [0.15, 0.2) is 12.1 Å². The van der Waals surface area contributed by atoms with Gasteiger partial charge < -0.3 is 14.8 Å². The summed E-state index contributed by atoms with van der Waals surface area (Å²) in [4.78, 5) is 14.6. The van der Waals surface area contributed by atoms with Gasteiger partial charge >= 0.3 is 0 Å². The molecule has 7 nitrogen and oxygen atoms in total. The van der Waals surface area contributed by atoms with Crippen LogP contribution in [0.25, 0.3) is 0 Å². The van der Waals surface area contributed by atoms with Crippen molar-refractivity contribution in [2.45, 2.75) is 44.4 Å². The number of nitro groups is 1. The van der Waals surface area contributed by atoms with E-state index in [0.29, 0.717) is 30.8 Å². The third-order valence-corrected chi connectivity index (χ3v) is 4.17. The van der Waals surface area contributed by atoms with Crippen molar-refractivity contribution >= 4 is 11.5 Å². The number of ether oxygens (including phenoxy) is 2. The van der Waals surface area contributed by atoms with Gasteiger partial charge in [-0.1, -0.05) is 0 Å². The number of aryl methyl sites for hydroxylation is 1. The van der Waals surface area contributed by atoms with Crippen LogP contribution >= 0.6 is 0 Å². The Morgan fingerprint density at radius 1 is 1.33 bits per heavy atom. The van der Waals surface area contributed by atoms with E-state index in [1.807, 2.05) is 0 Å². The normalized spacial score (nSPS) is 21.6. The molecule has 21 heavy (non-hydrogen) atoms. The van der Waals surface area contributed by atoms with Crippen molar-refractivity contribution < 1.29 is 14.4 Å². The standard InChI is InChI=1S/C14H19N3O4/c1-10-12(17(18)19)2-3-13(15-10)16-11-4-6-14(7-5-11)20-8-9-21-14/h2-3,11H,4-9H2,1H3,(H,15,16). The zero-order valence-electron chi connectivity index (χ0n) is 12.0. The molecule has 7 heteroatoms. The summed E-state index contributed by atoms with van der Waals surface area (Å²) in [6.07, 6.45) is 3.63. The summed E-state index contributed by atoms with van der Waals surface area (Å²) in [6.45, 7) is 3.02. The van der Waals surface area contributed by atoms with E-state index in [9.17, 15) is 10.1 Å². The first kappa shape index (κ1) is 14.2. The van der Waals surface area contributed by atoms with E-state index in [4.69, 9.17) is 9.47 Å². The lowest BCUT2D eigenvalue weighted by atomic mass is 9.90. The molecule has 0 unspecified atom stereocenters. The van der Waals surface area contributed by atoms with E-state index in [2.05, 4.69) is 10.3 Å². The first-order valence-electron chi connectivity index (χ1n) is 7.24. The quantitative estimate of drug-likeness (QED) is 0.680. The lowest BCUT2D eigenvalue weighted by molar-refractivity contribution is -0.385. The lowest BCUT2D eigenvalue weighted by Gasteiger charge is -2.35. The molecule has 1 aliphatic heterocycles. The summed E-state index contributed by atoms with van der Waals surface area (Å²) in [7, 11) is 0. The highest BCUT2D eigenvalue weighted by atomic mass is 16.7. The van der Waals surface area contributed by atoms with Gasteiger partial charge in [0.05, 0.1) is 18.1 Å². The average Bonchev–Trinajstić information content (AvgIpc) is 2.90. The SMILES string of the molecule is Cc1nc(NC2CCC3(CC2)OCCO3)ccc1[N+](=O)[O-]. The lowest BCUT2D eigenvalue weighted by Crippen LogP contribution is -2.39. The van der Waals surface area contributed by atoms with Crippen LogP contribution < -0.4 is 5.32 Å². The van der Waals surface area contributed by atoms with Gasteiger partial charge in [-0.2, -0.15) is 0 Å². The molecule has 1 saturated heterocycles. The summed E-state index contributed by atoms with van der Waals surface area (Å²) < 4.78 is 11.4. The Morgan fingerprint density at radius 3 is 2.57 bits per heavy atom. The molecule has 1 aromatic heterocycles. The fourth-order valence-electron chi connectivity index (χ4n) is 3.02. The van der Waals surface area contributed by atoms with Crippen LogP contribution in [0.5, 0.6) is 0 Å². The van der Waals surface area contributed by atoms with Gasteiger partial charge in [0, 0.05) is 24.9 Å². The Balaban J connectivity index is 1.60. The predicted octanol–water partition coefficient (Wildman–Crippen LogP) is 2.40. The molecule has 0 aromatic carbocycles. The largest absolute Gasteiger partial charge is 0.367 e. The van der Waals surface area contributed by atoms with Crippen LogP contribution in [-0.4, -0.2) is 35.0 Å². The van der Waals surface area contributed by atoms with Crippen LogP contribution in [0.2, 0.25) is 0 Å². The topological polar surface area (TPSA) is 86.5 Å². The molecule has 1 aliphatic carbocycles. The van der Waals surface area contributed by atoms with Gasteiger partial charge in [-0.05, 0) is 25.8 Å². The maximum absolute atomic E-state index is 10.8. The molecule has 0 atom stereocenters. The van der Waals surface area contributed by atoms with Gasteiger partial charge in [0.15, 0.2) is 5.79 Å². The number of rotatable bonds is 3. The van der Waals surface area contributed by atoms with Crippen molar-refractivity contribution in [2.75, 3.05) is 18.5 Å². The molecule has 114 valence electrons. The Labute approximate surface area is 122 Å². The number of nitrogens with zero attached hydrogens (tertiary/aromatic N) is 2. The summed E-state index contributed by atoms with van der Waals surface area (Å²) in [5.74, 6) is 0.323. The van der Waals surface area contributed by atoms with Crippen LogP contribution in [-0.2, 0) is 9.47 Å². The van der Waals surface area contributed by atoms with Crippen LogP contribution in [0, 0.1) is 17.0 Å². The highest BCUT2D eigenvalue weighted by molar-refractivity contribution is 5.45. The molecule has 0 amide bonds. The summed E-state index contributed by atoms with van der Waals surface area (Å²) in [5.41, 5.74) is 0.482. The second-order valence-electron chi connectivity index (χ2n) is 5.58. The van der Waals surface area contributed by atoms with Gasteiger partial charge in [0.1, 0.15) is 11.5 Å². The van der Waals surface area contributed by atoms with E-state index in [1.165, 1.54) is 6.07 Å². The second kappa shape index (κ2) is 5.57. The van der Waals surface area contributed by atoms with Crippen molar-refractivity contribution in [1.29, 1.82) is 0 Å². The third-order valence-electron chi connectivity index (χ3n) is 4.17. The molecule has 1 aromatic rings. The Hall–Kier alpha value is -1.73. The van der Waals surface area contributed by atoms with Crippen LogP contribution in [0.4, 0.5) is 11.5 Å². The minimum atomic E-state index is -0.411. The first-order valence-corrected chi connectivity index (χ1v) is 7.24. The molecular formula is C14H19N3O4. The van der Waals surface area contributed by atoms with Gasteiger partial charge in [-0.3, -0.25) is 10.1 Å². The maximum Gasteiger partial charge on any atom is 0.290 e. The molecule has 2 fully saturated rings. The number of pyridine rings is 1. The van der Waals surface area contributed by atoms with Gasteiger partial charge in [-0.25, -0.2) is 4.98 Å². The monoisotopic (exact) mass is 293 g/mol. The van der Waals surface area contributed by atoms with E-state index in [-0.39, 0.29) is 11.5 Å². The van der Waals surface area contributed by atoms with E-state index in [0.717, 1.165) is 25.7 Å². The molecule has 1 spiro atoms. The summed E-state index contributed by atoms with van der Waals surface area (Å²) in [5, 5.41) is 14.1. The van der Waals surface area contributed by atoms with Gasteiger partial charge in [0.25, 0.3) is 5.69 Å². The fourth-order valence-corrected chi connectivity index (χ4v) is 3.02. The van der Waals surface area contributed by atoms with E-state index < -0.39 is 4.92 Å². The fraction of sp³-hybridized carbons (Fsp3) is 0.643. The van der Waals surface area contributed by atoms with Gasteiger partial charge in [0.2, 0.25) is 0 Å². The second-order valence-corrected chi connectivity index (χ2v) is 5.58. The smallest absolute Gasteiger partial charge is 0.290 e. The molecule has 2 heterocycles. The Kier molecular flexibility index (Phi) is 3.77. The Morgan fingerprint density at radius 2 is 2.00 bits per heavy atom. The molecule has 1 N–H and O–H groups in total. The first-order chi connectivity index (χ1) is 10.1. The number of nitrogens with one attached hydrogen (secondary N) is 1. The number of hydrogen-bond acceptors (Lipinski definition) is 6. The van der Waals surface area contributed by atoms with Crippen molar-refractivity contribution in [2.24, 2.45) is 0 Å². The molecule has 3 rings (SSSR count). The Bertz CT molecular complexity index is 533. The van der Waals surface area contributed by atoms with Crippen molar-refractivity contribution in [3.8, 4) is 0 Å². The molecule has 1 saturated carbocycles. The van der Waals surface area contributed by atoms with Crippen LogP contribution in [0.3, 0.4) is 0 Å². The minimum Gasteiger partial charge on any atom is -0.367 e. The van der Waals surface area contributed by atoms with Crippen molar-refractivity contribution in [1.82, 2.24) is 4.98 Å². The van der Waals surface area contributed by atoms with Crippen molar-refractivity contribution in [3.63, 3.8) is 0 Å². The molecule has 0 bridgehead atoms.